The molecule has 2 aromatic rings. The van der Waals surface area contributed by atoms with Crippen LogP contribution < -0.4 is 0 Å². The van der Waals surface area contributed by atoms with Crippen LogP contribution in [0.3, 0.4) is 0 Å². The van der Waals surface area contributed by atoms with E-state index in [4.69, 9.17) is 19.4 Å². The quantitative estimate of drug-likeness (QED) is 0.161. The summed E-state index contributed by atoms with van der Waals surface area (Å²) in [6.07, 6.45) is -11.9. The molecule has 0 bridgehead atoms. The zero-order valence-electron chi connectivity index (χ0n) is 27.8. The number of hydrogen-bond donors (Lipinski definition) is 5. The molecular weight excluding hydrogens is 665 g/mol. The van der Waals surface area contributed by atoms with Crippen LogP contribution in [-0.4, -0.2) is 98.0 Å². The molecule has 5 N–H and O–H groups in total. The average molecular weight is 709 g/mol. The highest BCUT2D eigenvalue weighted by Gasteiger charge is 2.48. The van der Waals surface area contributed by atoms with Crippen LogP contribution in [0.15, 0.2) is 41.6 Å². The van der Waals surface area contributed by atoms with E-state index >= 15 is 0 Å². The van der Waals surface area contributed by atoms with Gasteiger partial charge >= 0.3 is 18.1 Å². The number of carbonyl (C=O) groups is 2. The number of carboxylic acid groups (broad SMARTS) is 2. The van der Waals surface area contributed by atoms with Crippen molar-refractivity contribution in [2.45, 2.75) is 108 Å². The Bertz CT molecular complexity index is 1560. The lowest BCUT2D eigenvalue weighted by Crippen LogP contribution is -2.60. The molecule has 50 heavy (non-hydrogen) atoms. The maximum absolute atomic E-state index is 14.3. The van der Waals surface area contributed by atoms with E-state index in [2.05, 4.69) is 10.1 Å². The third kappa shape index (κ3) is 8.64. The van der Waals surface area contributed by atoms with Crippen molar-refractivity contribution in [1.82, 2.24) is 4.90 Å². The second-order valence-electron chi connectivity index (χ2n) is 13.3. The first-order chi connectivity index (χ1) is 23.7. The fourth-order valence-corrected chi connectivity index (χ4v) is 6.85. The van der Waals surface area contributed by atoms with E-state index in [1.165, 1.54) is 6.07 Å². The number of carboxylic acids is 2. The first-order valence-corrected chi connectivity index (χ1v) is 16.7. The van der Waals surface area contributed by atoms with Crippen LogP contribution in [0.5, 0.6) is 0 Å². The summed E-state index contributed by atoms with van der Waals surface area (Å²) < 4.78 is 53.7. The third-order valence-electron chi connectivity index (χ3n) is 9.81. The van der Waals surface area contributed by atoms with Crippen molar-refractivity contribution < 1.29 is 62.6 Å². The van der Waals surface area contributed by atoms with Crippen LogP contribution in [0.25, 0.3) is 0 Å². The Kier molecular flexibility index (Phi) is 11.9. The predicted molar refractivity (Wildman–Crippen MR) is 171 cm³/mol. The molecule has 12 nitrogen and oxygen atoms in total. The molecule has 2 heterocycles. The summed E-state index contributed by atoms with van der Waals surface area (Å²) >= 11 is 0. The molecule has 0 spiro atoms. The molecule has 2 aliphatic heterocycles. The fraction of sp³-hybridized carbons (Fsp3) is 0.571. The summed E-state index contributed by atoms with van der Waals surface area (Å²) in [6, 6.07) is 9.97. The molecule has 0 amide bonds. The van der Waals surface area contributed by atoms with Crippen LogP contribution in [-0.2, 0) is 49.6 Å². The number of aliphatic hydroxyl groups is 3. The Morgan fingerprint density at radius 2 is 1.64 bits per heavy atom. The van der Waals surface area contributed by atoms with Crippen LogP contribution in [0.4, 0.5) is 13.2 Å². The minimum Gasteiger partial charge on any atom is -0.481 e. The maximum atomic E-state index is 14.3. The second-order valence-corrected chi connectivity index (χ2v) is 13.3. The van der Waals surface area contributed by atoms with E-state index in [0.717, 1.165) is 29.2 Å². The summed E-state index contributed by atoms with van der Waals surface area (Å²) in [5.74, 6) is -3.09. The number of oxime groups is 1. The largest absolute Gasteiger partial charge is 0.481 e. The van der Waals surface area contributed by atoms with Gasteiger partial charge in [-0.25, -0.2) is 4.79 Å². The van der Waals surface area contributed by atoms with Crippen LogP contribution in [0.1, 0.15) is 78.8 Å². The van der Waals surface area contributed by atoms with Gasteiger partial charge in [-0.3, -0.25) is 9.69 Å². The number of halogens is 3. The van der Waals surface area contributed by atoms with Crippen molar-refractivity contribution in [3.05, 3.63) is 69.8 Å². The van der Waals surface area contributed by atoms with Gasteiger partial charge in [0.15, 0.2) is 12.4 Å². The topological polar surface area (TPSA) is 179 Å². The lowest BCUT2D eigenvalue weighted by atomic mass is 9.80. The van der Waals surface area contributed by atoms with Crippen molar-refractivity contribution in [3.8, 4) is 0 Å². The lowest BCUT2D eigenvalue weighted by molar-refractivity contribution is -0.306. The summed E-state index contributed by atoms with van der Waals surface area (Å²) in [5, 5.41) is 52.7. The molecule has 0 aromatic heterocycles. The molecular formula is C35H43F3N2O10. The number of aliphatic carboxylic acids is 2. The van der Waals surface area contributed by atoms with E-state index in [1.54, 1.807) is 13.0 Å². The van der Waals surface area contributed by atoms with Crippen molar-refractivity contribution in [1.29, 1.82) is 0 Å². The minimum atomic E-state index is -4.62. The van der Waals surface area contributed by atoms with Crippen molar-refractivity contribution >= 4 is 17.7 Å². The van der Waals surface area contributed by atoms with Gasteiger partial charge in [0.05, 0.1) is 23.3 Å². The van der Waals surface area contributed by atoms with E-state index in [-0.39, 0.29) is 18.1 Å². The zero-order valence-corrected chi connectivity index (χ0v) is 27.8. The van der Waals surface area contributed by atoms with Crippen molar-refractivity contribution in [2.24, 2.45) is 11.1 Å². The summed E-state index contributed by atoms with van der Waals surface area (Å²) in [6.45, 7) is 5.28. The van der Waals surface area contributed by atoms with E-state index in [0.29, 0.717) is 56.6 Å². The van der Waals surface area contributed by atoms with Gasteiger partial charge in [0, 0.05) is 19.6 Å². The molecule has 3 fully saturated rings. The van der Waals surface area contributed by atoms with Gasteiger partial charge in [-0.1, -0.05) is 36.3 Å². The fourth-order valence-electron chi connectivity index (χ4n) is 6.85. The number of ether oxygens (including phenoxy) is 2. The lowest BCUT2D eigenvalue weighted by Gasteiger charge is -2.41. The van der Waals surface area contributed by atoms with Gasteiger partial charge in [0.1, 0.15) is 24.9 Å². The highest BCUT2D eigenvalue weighted by atomic mass is 19.4. The zero-order chi connectivity index (χ0) is 36.3. The summed E-state index contributed by atoms with van der Waals surface area (Å²) in [4.78, 5) is 30.0. The number of likely N-dealkylation sites (tertiary alicyclic amines) is 1. The molecule has 3 aliphatic rings. The Balaban J connectivity index is 1.18. The van der Waals surface area contributed by atoms with E-state index in [9.17, 15) is 43.2 Å². The predicted octanol–water partition coefficient (Wildman–Crippen LogP) is 3.66. The van der Waals surface area contributed by atoms with Gasteiger partial charge in [-0.2, -0.15) is 13.2 Å². The SMILES string of the molecule is CCc1cc(/C(C)=N/OCc2ccc(C3CCC(O[C@@H]4O[C@H](C(=O)O)[C@@H](O)[C@H](O)[C@H]4O)CC3)c(C(F)(F)F)c2)ccc1CN1CC(C(=O)O)C1. The molecule has 2 aromatic carbocycles. The Hall–Kier alpha value is -3.60. The Labute approximate surface area is 287 Å². The molecule has 15 heteroatoms. The van der Waals surface area contributed by atoms with Crippen LogP contribution >= 0.6 is 0 Å². The van der Waals surface area contributed by atoms with Crippen molar-refractivity contribution in [3.63, 3.8) is 0 Å². The van der Waals surface area contributed by atoms with Gasteiger partial charge in [0.25, 0.3) is 0 Å². The first-order valence-electron chi connectivity index (χ1n) is 16.7. The second kappa shape index (κ2) is 15.7. The number of benzene rings is 2. The molecule has 0 unspecified atom stereocenters. The van der Waals surface area contributed by atoms with E-state index < -0.39 is 66.4 Å². The summed E-state index contributed by atoms with van der Waals surface area (Å²) in [5.41, 5.74) is 3.23. The molecule has 2 saturated heterocycles. The number of nitrogens with zero attached hydrogens (tertiary/aromatic N) is 2. The normalized spacial score (nSPS) is 28.2. The monoisotopic (exact) mass is 708 g/mol. The number of alkyl halides is 3. The first kappa shape index (κ1) is 37.7. The Morgan fingerprint density at radius 3 is 2.26 bits per heavy atom. The van der Waals surface area contributed by atoms with Gasteiger partial charge in [-0.05, 0) is 84.9 Å². The maximum Gasteiger partial charge on any atom is 0.416 e. The summed E-state index contributed by atoms with van der Waals surface area (Å²) in [7, 11) is 0. The van der Waals surface area contributed by atoms with Crippen molar-refractivity contribution in [2.75, 3.05) is 13.1 Å². The smallest absolute Gasteiger partial charge is 0.416 e. The molecule has 1 saturated carbocycles. The van der Waals surface area contributed by atoms with Gasteiger partial charge in [0.2, 0.25) is 0 Å². The number of rotatable bonds is 12. The van der Waals surface area contributed by atoms with Crippen LogP contribution in [0, 0.1) is 5.92 Å². The van der Waals surface area contributed by atoms with E-state index in [1.807, 2.05) is 25.1 Å². The van der Waals surface area contributed by atoms with Gasteiger partial charge in [-0.15, -0.1) is 0 Å². The molecule has 274 valence electrons. The highest BCUT2D eigenvalue weighted by Crippen LogP contribution is 2.42. The number of aliphatic hydroxyl groups excluding tert-OH is 3. The number of hydrogen-bond acceptors (Lipinski definition) is 10. The third-order valence-corrected chi connectivity index (χ3v) is 9.81. The number of aryl methyl sites for hydroxylation is 1. The standard InChI is InChI=1S/C35H43F3N2O10/c1-3-20-13-22(5-6-23(20)14-40-15-24(16-40)32(44)45)18(2)39-48-17-19-4-11-26(27(12-19)35(36,37)38)21-7-9-25(10-8-21)49-34-30(43)28(41)29(42)31(50-34)33(46)47/h4-6,11-13,21,24-25,28-31,34,41-43H,3,7-10,14-17H2,1-2H3,(H,44,45)(H,46,47)/b39-18+/t21?,25?,28-,29-,30+,31-,34+/m0/s1. The molecule has 1 aliphatic carbocycles. The average Bonchev–Trinajstić information content (AvgIpc) is 3.06. The highest BCUT2D eigenvalue weighted by molar-refractivity contribution is 5.98. The molecule has 0 radical (unpaired) electrons. The molecule has 5 atom stereocenters. The van der Waals surface area contributed by atoms with Crippen LogP contribution in [0.2, 0.25) is 0 Å². The van der Waals surface area contributed by atoms with Gasteiger partial charge < -0.3 is 39.8 Å². The minimum absolute atomic E-state index is 0.140. The Morgan fingerprint density at radius 1 is 0.940 bits per heavy atom. The molecule has 5 rings (SSSR count).